The summed E-state index contributed by atoms with van der Waals surface area (Å²) in [5.74, 6) is -0.672. The molecule has 0 rings (SSSR count). The molecule has 0 N–H and O–H groups in total. The standard InChI is InChI=1S/C7H12O4/c1-3-10-7(11-4-2)6(9)5-8/h5,7H,3-4H2,1-2H3. The van der Waals surface area contributed by atoms with Gasteiger partial charge in [-0.3, -0.25) is 9.59 Å². The smallest absolute Gasteiger partial charge is 0.251 e. The van der Waals surface area contributed by atoms with Crippen molar-refractivity contribution < 1.29 is 19.1 Å². The van der Waals surface area contributed by atoms with E-state index in [-0.39, 0.29) is 6.29 Å². The maximum Gasteiger partial charge on any atom is 0.251 e. The molecule has 0 aliphatic heterocycles. The second-order valence-corrected chi connectivity index (χ2v) is 1.76. The van der Waals surface area contributed by atoms with Crippen molar-refractivity contribution in [2.24, 2.45) is 0 Å². The van der Waals surface area contributed by atoms with Crippen molar-refractivity contribution >= 4 is 12.1 Å². The number of aldehydes is 1. The molecule has 0 spiro atoms. The molecule has 0 saturated carbocycles. The van der Waals surface area contributed by atoms with E-state index in [1.165, 1.54) is 0 Å². The molecule has 4 nitrogen and oxygen atoms in total. The second-order valence-electron chi connectivity index (χ2n) is 1.76. The number of hydrogen-bond donors (Lipinski definition) is 0. The Labute approximate surface area is 65.5 Å². The van der Waals surface area contributed by atoms with Gasteiger partial charge in [0, 0.05) is 13.2 Å². The fraction of sp³-hybridized carbons (Fsp3) is 0.714. The molecule has 4 heteroatoms. The van der Waals surface area contributed by atoms with Crippen molar-refractivity contribution in [3.63, 3.8) is 0 Å². The number of hydrogen-bond acceptors (Lipinski definition) is 4. The largest absolute Gasteiger partial charge is 0.346 e. The Morgan fingerprint density at radius 2 is 1.82 bits per heavy atom. The molecule has 0 bridgehead atoms. The molecular weight excluding hydrogens is 148 g/mol. The first-order valence-corrected chi connectivity index (χ1v) is 3.48. The highest BCUT2D eigenvalue weighted by molar-refractivity contribution is 6.26. The minimum Gasteiger partial charge on any atom is -0.346 e. The first-order chi connectivity index (χ1) is 5.26. The maximum atomic E-state index is 10.7. The SMILES string of the molecule is CCOC(OCC)C(=O)C=O. The average molecular weight is 160 g/mol. The van der Waals surface area contributed by atoms with E-state index in [0.717, 1.165) is 0 Å². The van der Waals surface area contributed by atoms with Crippen molar-refractivity contribution in [3.8, 4) is 0 Å². The molecule has 0 unspecified atom stereocenters. The van der Waals surface area contributed by atoms with Gasteiger partial charge in [-0.2, -0.15) is 0 Å². The molecule has 0 heterocycles. The van der Waals surface area contributed by atoms with E-state index in [1.807, 2.05) is 0 Å². The van der Waals surface area contributed by atoms with Crippen molar-refractivity contribution in [1.29, 1.82) is 0 Å². The van der Waals surface area contributed by atoms with E-state index in [1.54, 1.807) is 13.8 Å². The van der Waals surface area contributed by atoms with Crippen LogP contribution in [0.5, 0.6) is 0 Å². The van der Waals surface area contributed by atoms with Crippen LogP contribution in [0, 0.1) is 0 Å². The normalized spacial score (nSPS) is 10.1. The van der Waals surface area contributed by atoms with Crippen LogP contribution in [0.1, 0.15) is 13.8 Å². The lowest BCUT2D eigenvalue weighted by molar-refractivity contribution is -0.168. The Morgan fingerprint density at radius 3 is 2.09 bits per heavy atom. The summed E-state index contributed by atoms with van der Waals surface area (Å²) < 4.78 is 9.66. The lowest BCUT2D eigenvalue weighted by Gasteiger charge is -2.11. The van der Waals surface area contributed by atoms with Gasteiger partial charge in [0.2, 0.25) is 6.29 Å². The molecule has 0 fully saturated rings. The van der Waals surface area contributed by atoms with Gasteiger partial charge in [0.05, 0.1) is 0 Å². The van der Waals surface area contributed by atoms with Crippen molar-refractivity contribution in [2.45, 2.75) is 20.1 Å². The Kier molecular flexibility index (Phi) is 5.60. The van der Waals surface area contributed by atoms with Crippen LogP contribution in [0.25, 0.3) is 0 Å². The third-order valence-corrected chi connectivity index (χ3v) is 0.985. The Morgan fingerprint density at radius 1 is 1.36 bits per heavy atom. The van der Waals surface area contributed by atoms with E-state index >= 15 is 0 Å². The van der Waals surface area contributed by atoms with E-state index < -0.39 is 12.1 Å². The van der Waals surface area contributed by atoms with Crippen molar-refractivity contribution in [3.05, 3.63) is 0 Å². The first kappa shape index (κ1) is 10.3. The fourth-order valence-electron chi connectivity index (χ4n) is 0.571. The minimum atomic E-state index is -1.01. The molecule has 0 atom stereocenters. The summed E-state index contributed by atoms with van der Waals surface area (Å²) >= 11 is 0. The summed E-state index contributed by atoms with van der Waals surface area (Å²) in [5, 5.41) is 0. The van der Waals surface area contributed by atoms with Gasteiger partial charge in [-0.05, 0) is 13.8 Å². The van der Waals surface area contributed by atoms with Gasteiger partial charge in [-0.25, -0.2) is 0 Å². The Hall–Kier alpha value is -0.740. The van der Waals surface area contributed by atoms with Crippen LogP contribution in [0.2, 0.25) is 0 Å². The zero-order valence-corrected chi connectivity index (χ0v) is 6.70. The Bertz CT molecular complexity index is 126. The molecule has 11 heavy (non-hydrogen) atoms. The number of rotatable bonds is 6. The number of carbonyl (C=O) groups is 2. The highest BCUT2D eigenvalue weighted by Crippen LogP contribution is 1.94. The van der Waals surface area contributed by atoms with Crippen molar-refractivity contribution in [1.82, 2.24) is 0 Å². The van der Waals surface area contributed by atoms with Gasteiger partial charge in [0.1, 0.15) is 0 Å². The third-order valence-electron chi connectivity index (χ3n) is 0.985. The summed E-state index contributed by atoms with van der Waals surface area (Å²) in [4.78, 5) is 20.7. The second kappa shape index (κ2) is 6.00. The van der Waals surface area contributed by atoms with Crippen molar-refractivity contribution in [2.75, 3.05) is 13.2 Å². The van der Waals surface area contributed by atoms with Crippen LogP contribution in [-0.2, 0) is 19.1 Å². The summed E-state index contributed by atoms with van der Waals surface area (Å²) in [6.07, 6.45) is -0.807. The first-order valence-electron chi connectivity index (χ1n) is 3.48. The van der Waals surface area contributed by atoms with Gasteiger partial charge in [-0.1, -0.05) is 0 Å². The quantitative estimate of drug-likeness (QED) is 0.315. The van der Waals surface area contributed by atoms with E-state index in [2.05, 4.69) is 0 Å². The summed E-state index contributed by atoms with van der Waals surface area (Å²) in [6, 6.07) is 0. The van der Waals surface area contributed by atoms with Crippen LogP contribution in [-0.4, -0.2) is 31.6 Å². The molecule has 0 aliphatic rings. The molecule has 0 aromatic heterocycles. The average Bonchev–Trinajstić information content (AvgIpc) is 2.03. The summed E-state index contributed by atoms with van der Waals surface area (Å²) in [6.45, 7) is 4.16. The van der Waals surface area contributed by atoms with E-state index in [0.29, 0.717) is 13.2 Å². The van der Waals surface area contributed by atoms with Crippen LogP contribution in [0.3, 0.4) is 0 Å². The zero-order chi connectivity index (χ0) is 8.69. The summed E-state index contributed by atoms with van der Waals surface area (Å²) in [5.41, 5.74) is 0. The predicted molar refractivity (Wildman–Crippen MR) is 38.1 cm³/mol. The topological polar surface area (TPSA) is 52.6 Å². The minimum absolute atomic E-state index is 0.204. The van der Waals surface area contributed by atoms with Gasteiger partial charge >= 0.3 is 0 Å². The van der Waals surface area contributed by atoms with Crippen LogP contribution < -0.4 is 0 Å². The van der Waals surface area contributed by atoms with Gasteiger partial charge in [0.15, 0.2) is 6.29 Å². The number of ether oxygens (including phenoxy) is 2. The van der Waals surface area contributed by atoms with Gasteiger partial charge in [0.25, 0.3) is 5.78 Å². The number of Topliss-reactive ketones (excluding diaryl/α,β-unsaturated/α-hetero) is 1. The van der Waals surface area contributed by atoms with Crippen LogP contribution in [0.15, 0.2) is 0 Å². The molecular formula is C7H12O4. The molecule has 0 saturated heterocycles. The highest BCUT2D eigenvalue weighted by Gasteiger charge is 2.16. The molecule has 0 radical (unpaired) electrons. The van der Waals surface area contributed by atoms with Gasteiger partial charge < -0.3 is 9.47 Å². The molecule has 0 amide bonds. The number of carbonyl (C=O) groups excluding carboxylic acids is 2. The molecule has 0 aromatic carbocycles. The fourth-order valence-corrected chi connectivity index (χ4v) is 0.571. The maximum absolute atomic E-state index is 10.7. The molecule has 0 aliphatic carbocycles. The van der Waals surface area contributed by atoms with Crippen LogP contribution in [0.4, 0.5) is 0 Å². The van der Waals surface area contributed by atoms with E-state index in [4.69, 9.17) is 9.47 Å². The monoisotopic (exact) mass is 160 g/mol. The predicted octanol–water partition coefficient (Wildman–Crippen LogP) is 0.153. The molecule has 64 valence electrons. The van der Waals surface area contributed by atoms with Crippen LogP contribution >= 0.6 is 0 Å². The molecule has 0 aromatic rings. The third kappa shape index (κ3) is 3.85. The lowest BCUT2D eigenvalue weighted by Crippen LogP contribution is -2.28. The zero-order valence-electron chi connectivity index (χ0n) is 6.70. The van der Waals surface area contributed by atoms with Gasteiger partial charge in [-0.15, -0.1) is 0 Å². The number of ketones is 1. The lowest BCUT2D eigenvalue weighted by atomic mass is 10.4. The highest BCUT2D eigenvalue weighted by atomic mass is 16.7. The van der Waals surface area contributed by atoms with E-state index in [9.17, 15) is 9.59 Å². The Balaban J connectivity index is 3.86. The summed E-state index contributed by atoms with van der Waals surface area (Å²) in [7, 11) is 0.